The number of nitrogens with zero attached hydrogens (tertiary/aromatic N) is 9. The molecule has 0 atom stereocenters. The number of methoxy groups -OCH3 is 2. The number of H-pyrrole nitrogens is 1. The van der Waals surface area contributed by atoms with Crippen molar-refractivity contribution in [3.8, 4) is 45.7 Å². The first kappa shape index (κ1) is 41.2. The van der Waals surface area contributed by atoms with E-state index in [0.29, 0.717) is 40.9 Å². The molecule has 0 radical (unpaired) electrons. The minimum absolute atomic E-state index is 0.194. The number of para-hydroxylation sites is 3. The van der Waals surface area contributed by atoms with E-state index in [0.717, 1.165) is 39.7 Å². The Balaban J connectivity index is 0.000000140. The van der Waals surface area contributed by atoms with Crippen LogP contribution in [0.5, 0.6) is 11.6 Å². The van der Waals surface area contributed by atoms with Gasteiger partial charge in [-0.1, -0.05) is 60.7 Å². The molecule has 0 aliphatic heterocycles. The molecule has 306 valence electrons. The second-order valence-corrected chi connectivity index (χ2v) is 12.8. The van der Waals surface area contributed by atoms with Gasteiger partial charge in [-0.05, 0) is 66.7 Å². The van der Waals surface area contributed by atoms with Gasteiger partial charge in [-0.25, -0.2) is 34.9 Å². The maximum atomic E-state index is 11.3. The molecular weight excluding hydrogens is 783 g/mol. The van der Waals surface area contributed by atoms with Crippen molar-refractivity contribution in [2.45, 2.75) is 0 Å². The van der Waals surface area contributed by atoms with E-state index in [9.17, 15) is 4.79 Å². The fourth-order valence-electron chi connectivity index (χ4n) is 5.51. The highest BCUT2D eigenvalue weighted by Gasteiger charge is 2.08. The Labute approximate surface area is 356 Å². The van der Waals surface area contributed by atoms with Crippen molar-refractivity contribution >= 4 is 34.9 Å². The van der Waals surface area contributed by atoms with E-state index in [1.54, 1.807) is 57.3 Å². The molecule has 6 heterocycles. The quantitative estimate of drug-likeness (QED) is 0.0965. The molecule has 9 aromatic rings. The maximum Gasteiger partial charge on any atom is 0.248 e. The Bertz CT molecular complexity index is 2720. The zero-order valence-corrected chi connectivity index (χ0v) is 33.5. The summed E-state index contributed by atoms with van der Waals surface area (Å²) in [6, 6.07) is 43.5. The zero-order chi connectivity index (χ0) is 42.8. The first-order valence-electron chi connectivity index (χ1n) is 19.0. The molecule has 3 aromatic carbocycles. The molecule has 0 fully saturated rings. The van der Waals surface area contributed by atoms with Gasteiger partial charge >= 0.3 is 0 Å². The Hall–Kier alpha value is -8.92. The average Bonchev–Trinajstić information content (AvgIpc) is 3.33. The fraction of sp³-hybridized carbons (Fsp3) is 0.0435. The van der Waals surface area contributed by atoms with E-state index >= 15 is 0 Å². The van der Waals surface area contributed by atoms with Gasteiger partial charge in [-0.15, -0.1) is 0 Å². The minimum Gasteiger partial charge on any atom is -0.495 e. The number of ether oxygens (including phenoxy) is 2. The molecule has 16 heteroatoms. The molecule has 0 aliphatic carbocycles. The summed E-state index contributed by atoms with van der Waals surface area (Å²) in [6.07, 6.45) is 9.80. The molecule has 62 heavy (non-hydrogen) atoms. The average molecular weight is 822 g/mol. The zero-order valence-electron chi connectivity index (χ0n) is 33.5. The Kier molecular flexibility index (Phi) is 14.1. The number of benzene rings is 3. The van der Waals surface area contributed by atoms with E-state index < -0.39 is 0 Å². The number of pyridine rings is 3. The lowest BCUT2D eigenvalue weighted by Crippen LogP contribution is -2.04. The highest BCUT2D eigenvalue weighted by atomic mass is 16.5. The highest BCUT2D eigenvalue weighted by Crippen LogP contribution is 2.23. The molecule has 4 N–H and O–H groups in total. The number of anilines is 6. The number of rotatable bonds is 11. The van der Waals surface area contributed by atoms with Crippen LogP contribution in [0.25, 0.3) is 34.0 Å². The third-order valence-electron chi connectivity index (χ3n) is 8.45. The summed E-state index contributed by atoms with van der Waals surface area (Å²) >= 11 is 0. The van der Waals surface area contributed by atoms with Crippen LogP contribution in [-0.4, -0.2) is 64.1 Å². The Morgan fingerprint density at radius 1 is 0.500 bits per heavy atom. The summed E-state index contributed by atoms with van der Waals surface area (Å²) in [5.74, 6) is 3.21. The third-order valence-corrected chi connectivity index (χ3v) is 8.45. The van der Waals surface area contributed by atoms with Crippen molar-refractivity contribution in [1.29, 1.82) is 0 Å². The van der Waals surface area contributed by atoms with Crippen LogP contribution in [0.1, 0.15) is 0 Å². The summed E-state index contributed by atoms with van der Waals surface area (Å²) in [5, 5.41) is 9.41. The Morgan fingerprint density at radius 2 is 1.08 bits per heavy atom. The first-order chi connectivity index (χ1) is 30.5. The Morgan fingerprint density at radius 3 is 1.68 bits per heavy atom. The van der Waals surface area contributed by atoms with Gasteiger partial charge < -0.3 is 30.4 Å². The molecular formula is C46H39N13O3. The first-order valence-corrected chi connectivity index (χ1v) is 19.0. The minimum atomic E-state index is -0.194. The lowest BCUT2D eigenvalue weighted by atomic mass is 10.2. The molecule has 0 aliphatic rings. The van der Waals surface area contributed by atoms with Gasteiger partial charge in [-0.2, -0.15) is 4.98 Å². The van der Waals surface area contributed by atoms with Gasteiger partial charge in [0.05, 0.1) is 37.5 Å². The summed E-state index contributed by atoms with van der Waals surface area (Å²) in [5.41, 5.74) is 6.37. The van der Waals surface area contributed by atoms with Gasteiger partial charge in [0.2, 0.25) is 29.3 Å². The van der Waals surface area contributed by atoms with Crippen molar-refractivity contribution < 1.29 is 9.47 Å². The maximum absolute atomic E-state index is 11.3. The standard InChI is InChI=1S/2C16H14N4O.C14H11N5O/c1-21-15-9-5-8-13(19-15)14-10-11-17-16(20-14)18-12-6-3-2-4-7-12;1-21-14-9-12(10-17-11-14)15-7-8-18-16(20-15)19-13-5-3-2-4-6-13;20-12-8-10(6-7-15-12)13-16-9-17-14(19-13)18-11-4-2-1-3-5-11/h2-11H,1H3,(H,17,18,20);2-11H,1H3,(H,18,19,20);1-9H,(H,15,20)(H,16,17,18,19). The van der Waals surface area contributed by atoms with Crippen molar-refractivity contribution in [1.82, 2.24) is 49.8 Å². The molecule has 6 aromatic heterocycles. The van der Waals surface area contributed by atoms with Crippen LogP contribution in [0.15, 0.2) is 182 Å². The molecule has 0 unspecified atom stereocenters. The summed E-state index contributed by atoms with van der Waals surface area (Å²) in [4.78, 5) is 52.2. The molecule has 0 bridgehead atoms. The molecule has 9 rings (SSSR count). The van der Waals surface area contributed by atoms with Gasteiger partial charge in [0, 0.05) is 65.1 Å². The van der Waals surface area contributed by atoms with E-state index in [1.807, 2.05) is 121 Å². The molecule has 16 nitrogen and oxygen atoms in total. The lowest BCUT2D eigenvalue weighted by Gasteiger charge is -2.07. The van der Waals surface area contributed by atoms with E-state index in [-0.39, 0.29) is 5.56 Å². The largest absolute Gasteiger partial charge is 0.495 e. The molecule has 0 saturated heterocycles. The predicted octanol–water partition coefficient (Wildman–Crippen LogP) is 8.55. The van der Waals surface area contributed by atoms with Crippen LogP contribution >= 0.6 is 0 Å². The number of aromatic amines is 1. The second kappa shape index (κ2) is 21.2. The third kappa shape index (κ3) is 12.1. The molecule has 0 spiro atoms. The molecule has 0 saturated carbocycles. The van der Waals surface area contributed by atoms with Crippen LogP contribution < -0.4 is 31.0 Å². The summed E-state index contributed by atoms with van der Waals surface area (Å²) in [7, 11) is 3.21. The summed E-state index contributed by atoms with van der Waals surface area (Å²) < 4.78 is 10.3. The van der Waals surface area contributed by atoms with Crippen LogP contribution in [0.2, 0.25) is 0 Å². The van der Waals surface area contributed by atoms with Gasteiger partial charge in [-0.3, -0.25) is 9.78 Å². The fourth-order valence-corrected chi connectivity index (χ4v) is 5.51. The number of hydrogen-bond donors (Lipinski definition) is 4. The summed E-state index contributed by atoms with van der Waals surface area (Å²) in [6.45, 7) is 0. The van der Waals surface area contributed by atoms with Gasteiger partial charge in [0.15, 0.2) is 5.82 Å². The van der Waals surface area contributed by atoms with Crippen LogP contribution in [-0.2, 0) is 0 Å². The van der Waals surface area contributed by atoms with Gasteiger partial charge in [0.25, 0.3) is 0 Å². The monoisotopic (exact) mass is 821 g/mol. The topological polar surface area (TPSA) is 203 Å². The lowest BCUT2D eigenvalue weighted by molar-refractivity contribution is 0.398. The SMILES string of the molecule is COc1cccc(-c2ccnc(Nc3ccccc3)n2)n1.COc1cncc(-c2ccnc(Nc3ccccc3)n2)c1.O=c1cc(-c2ncnc(Nc3ccccc3)n2)cc[nH]1. The smallest absolute Gasteiger partial charge is 0.248 e. The van der Waals surface area contributed by atoms with Gasteiger partial charge in [0.1, 0.15) is 12.1 Å². The van der Waals surface area contributed by atoms with Crippen molar-refractivity contribution in [2.24, 2.45) is 0 Å². The van der Waals surface area contributed by atoms with Crippen LogP contribution in [0.3, 0.4) is 0 Å². The van der Waals surface area contributed by atoms with E-state index in [4.69, 9.17) is 9.47 Å². The highest BCUT2D eigenvalue weighted by molar-refractivity contribution is 5.63. The number of nitrogens with one attached hydrogen (secondary N) is 4. The number of aromatic nitrogens is 10. The molecule has 0 amide bonds. The predicted molar refractivity (Wildman–Crippen MR) is 239 cm³/mol. The number of hydrogen-bond acceptors (Lipinski definition) is 15. The van der Waals surface area contributed by atoms with Crippen LogP contribution in [0, 0.1) is 0 Å². The van der Waals surface area contributed by atoms with Crippen LogP contribution in [0.4, 0.5) is 34.9 Å². The van der Waals surface area contributed by atoms with Crippen molar-refractivity contribution in [3.63, 3.8) is 0 Å². The van der Waals surface area contributed by atoms with E-state index in [2.05, 4.69) is 65.8 Å². The van der Waals surface area contributed by atoms with Crippen molar-refractivity contribution in [3.05, 3.63) is 187 Å². The van der Waals surface area contributed by atoms with E-state index in [1.165, 1.54) is 12.4 Å². The second-order valence-electron chi connectivity index (χ2n) is 12.8. The van der Waals surface area contributed by atoms with Crippen molar-refractivity contribution in [2.75, 3.05) is 30.2 Å². The normalized spacial score (nSPS) is 10.2.